The van der Waals surface area contributed by atoms with Crippen LogP contribution in [0.1, 0.15) is 11.1 Å². The van der Waals surface area contributed by atoms with E-state index < -0.39 is 21.6 Å². The van der Waals surface area contributed by atoms with E-state index in [0.717, 1.165) is 12.3 Å². The molecule has 3 aromatic rings. The molecule has 27 heavy (non-hydrogen) atoms. The van der Waals surface area contributed by atoms with Crippen LogP contribution in [0.5, 0.6) is 0 Å². The summed E-state index contributed by atoms with van der Waals surface area (Å²) in [6, 6.07) is 11.2. The molecule has 0 saturated carbocycles. The molecule has 2 N–H and O–H groups in total. The van der Waals surface area contributed by atoms with Crippen LogP contribution in [-0.2, 0) is 16.0 Å². The Bertz CT molecular complexity index is 1100. The molecule has 0 aliphatic carbocycles. The lowest BCUT2D eigenvalue weighted by molar-refractivity contribution is -0.137. The maximum Gasteiger partial charge on any atom is 0.417 e. The zero-order valence-corrected chi connectivity index (χ0v) is 15.4. The summed E-state index contributed by atoms with van der Waals surface area (Å²) in [6.45, 7) is 1.65. The van der Waals surface area contributed by atoms with Crippen molar-refractivity contribution in [1.82, 2.24) is 4.57 Å². The second-order valence-electron chi connectivity index (χ2n) is 6.24. The number of nitrogens with two attached hydrogens (primary N) is 1. The number of hydrogen-bond donors (Lipinski definition) is 1. The SMILES string of the molecule is Cc1c(N)cn(-c2ccc(S(C)(=O)=O)cc2)c1-c1ccccc1C(F)(F)F. The first-order chi connectivity index (χ1) is 12.5. The quantitative estimate of drug-likeness (QED) is 0.713. The van der Waals surface area contributed by atoms with Gasteiger partial charge >= 0.3 is 6.18 Å². The first-order valence-corrected chi connectivity index (χ1v) is 9.84. The van der Waals surface area contributed by atoms with E-state index in [0.29, 0.717) is 22.6 Å². The van der Waals surface area contributed by atoms with Gasteiger partial charge < -0.3 is 10.3 Å². The van der Waals surface area contributed by atoms with Gasteiger partial charge in [0.15, 0.2) is 9.84 Å². The average Bonchev–Trinajstić information content (AvgIpc) is 2.88. The van der Waals surface area contributed by atoms with Gasteiger partial charge in [0, 0.05) is 23.7 Å². The van der Waals surface area contributed by atoms with E-state index in [2.05, 4.69) is 0 Å². The predicted octanol–water partition coefficient (Wildman–Crippen LogP) is 4.46. The fourth-order valence-corrected chi connectivity index (χ4v) is 3.57. The molecular formula is C19H17F3N2O2S. The summed E-state index contributed by atoms with van der Waals surface area (Å²) in [7, 11) is -3.38. The Hall–Kier alpha value is -2.74. The molecule has 0 spiro atoms. The van der Waals surface area contributed by atoms with Crippen LogP contribution in [0.2, 0.25) is 0 Å². The van der Waals surface area contributed by atoms with Crippen LogP contribution in [0.4, 0.5) is 18.9 Å². The molecule has 0 radical (unpaired) electrons. The minimum Gasteiger partial charge on any atom is -0.397 e. The lowest BCUT2D eigenvalue weighted by Gasteiger charge is -2.16. The van der Waals surface area contributed by atoms with E-state index in [9.17, 15) is 21.6 Å². The van der Waals surface area contributed by atoms with Gasteiger partial charge in [-0.25, -0.2) is 8.42 Å². The number of anilines is 1. The third kappa shape index (κ3) is 3.57. The van der Waals surface area contributed by atoms with Crippen molar-refractivity contribution in [2.24, 2.45) is 0 Å². The summed E-state index contributed by atoms with van der Waals surface area (Å²) in [5, 5.41) is 0. The van der Waals surface area contributed by atoms with E-state index in [1.165, 1.54) is 48.7 Å². The second kappa shape index (κ2) is 6.45. The van der Waals surface area contributed by atoms with Crippen molar-refractivity contribution in [2.75, 3.05) is 12.0 Å². The van der Waals surface area contributed by atoms with Crippen molar-refractivity contribution in [3.63, 3.8) is 0 Å². The zero-order chi connectivity index (χ0) is 20.0. The van der Waals surface area contributed by atoms with Crippen molar-refractivity contribution in [3.8, 4) is 16.9 Å². The van der Waals surface area contributed by atoms with Gasteiger partial charge in [-0.05, 0) is 42.8 Å². The number of halogens is 3. The van der Waals surface area contributed by atoms with Crippen LogP contribution < -0.4 is 5.73 Å². The zero-order valence-electron chi connectivity index (χ0n) is 14.6. The summed E-state index contributed by atoms with van der Waals surface area (Å²) in [4.78, 5) is 0.125. The molecule has 0 bridgehead atoms. The summed E-state index contributed by atoms with van der Waals surface area (Å²) in [5.74, 6) is 0. The van der Waals surface area contributed by atoms with E-state index >= 15 is 0 Å². The fraction of sp³-hybridized carbons (Fsp3) is 0.158. The van der Waals surface area contributed by atoms with Crippen molar-refractivity contribution < 1.29 is 21.6 Å². The summed E-state index contributed by atoms with van der Waals surface area (Å²) >= 11 is 0. The number of hydrogen-bond acceptors (Lipinski definition) is 3. The Morgan fingerprint density at radius 2 is 1.59 bits per heavy atom. The van der Waals surface area contributed by atoms with Crippen LogP contribution in [0.15, 0.2) is 59.6 Å². The van der Waals surface area contributed by atoms with Crippen molar-refractivity contribution in [1.29, 1.82) is 0 Å². The Kier molecular flexibility index (Phi) is 4.55. The molecule has 0 saturated heterocycles. The van der Waals surface area contributed by atoms with Crippen molar-refractivity contribution in [3.05, 3.63) is 65.9 Å². The maximum atomic E-state index is 13.5. The van der Waals surface area contributed by atoms with E-state index in [4.69, 9.17) is 5.73 Å². The number of sulfone groups is 1. The van der Waals surface area contributed by atoms with Gasteiger partial charge in [0.2, 0.25) is 0 Å². The molecule has 0 fully saturated rings. The molecule has 2 aromatic carbocycles. The molecule has 142 valence electrons. The minimum atomic E-state index is -4.52. The summed E-state index contributed by atoms with van der Waals surface area (Å²) in [6.07, 6.45) is -1.90. The molecule has 3 rings (SSSR count). The molecule has 0 amide bonds. The standard InChI is InChI=1S/C19H17F3N2O2S/c1-12-17(23)11-24(13-7-9-14(10-8-13)27(2,25)26)18(12)15-5-3-4-6-16(15)19(20,21)22/h3-11H,23H2,1-2H3. The predicted molar refractivity (Wildman–Crippen MR) is 98.5 cm³/mol. The maximum absolute atomic E-state index is 13.5. The molecular weight excluding hydrogens is 377 g/mol. The summed E-state index contributed by atoms with van der Waals surface area (Å²) < 4.78 is 65.3. The number of alkyl halides is 3. The van der Waals surface area contributed by atoms with Crippen LogP contribution in [0.3, 0.4) is 0 Å². The molecule has 1 heterocycles. The van der Waals surface area contributed by atoms with Gasteiger partial charge in [-0.1, -0.05) is 18.2 Å². The van der Waals surface area contributed by atoms with Gasteiger partial charge in [0.1, 0.15) is 0 Å². The van der Waals surface area contributed by atoms with Crippen LogP contribution >= 0.6 is 0 Å². The number of benzene rings is 2. The normalized spacial score (nSPS) is 12.3. The largest absolute Gasteiger partial charge is 0.417 e. The van der Waals surface area contributed by atoms with Crippen LogP contribution in [0.25, 0.3) is 16.9 Å². The van der Waals surface area contributed by atoms with E-state index in [1.54, 1.807) is 11.5 Å². The molecule has 4 nitrogen and oxygen atoms in total. The number of aromatic nitrogens is 1. The Balaban J connectivity index is 2.24. The number of nitrogen functional groups attached to an aromatic ring is 1. The Labute approximate surface area is 155 Å². The number of rotatable bonds is 3. The highest BCUT2D eigenvalue weighted by molar-refractivity contribution is 7.90. The van der Waals surface area contributed by atoms with E-state index in [1.807, 2.05) is 0 Å². The van der Waals surface area contributed by atoms with E-state index in [-0.39, 0.29) is 10.5 Å². The molecule has 1 aromatic heterocycles. The Morgan fingerprint density at radius 1 is 1.00 bits per heavy atom. The fourth-order valence-electron chi connectivity index (χ4n) is 2.94. The minimum absolute atomic E-state index is 0.00592. The van der Waals surface area contributed by atoms with Crippen molar-refractivity contribution in [2.45, 2.75) is 18.0 Å². The lowest BCUT2D eigenvalue weighted by Crippen LogP contribution is -2.09. The summed E-state index contributed by atoms with van der Waals surface area (Å²) in [5.41, 5.74) is 6.89. The van der Waals surface area contributed by atoms with Gasteiger partial charge in [-0.3, -0.25) is 0 Å². The molecule has 0 aliphatic heterocycles. The molecule has 8 heteroatoms. The molecule has 0 aliphatic rings. The second-order valence-corrected chi connectivity index (χ2v) is 8.25. The third-order valence-electron chi connectivity index (χ3n) is 4.33. The number of nitrogens with zero attached hydrogens (tertiary/aromatic N) is 1. The monoisotopic (exact) mass is 394 g/mol. The van der Waals surface area contributed by atoms with Crippen molar-refractivity contribution >= 4 is 15.5 Å². The first kappa shape index (κ1) is 19.0. The van der Waals surface area contributed by atoms with Crippen LogP contribution in [-0.4, -0.2) is 19.2 Å². The highest BCUT2D eigenvalue weighted by Crippen LogP contribution is 2.40. The van der Waals surface area contributed by atoms with Gasteiger partial charge in [0.25, 0.3) is 0 Å². The Morgan fingerprint density at radius 3 is 2.15 bits per heavy atom. The van der Waals surface area contributed by atoms with Gasteiger partial charge in [-0.15, -0.1) is 0 Å². The molecule has 0 atom stereocenters. The average molecular weight is 394 g/mol. The third-order valence-corrected chi connectivity index (χ3v) is 5.46. The molecule has 0 unspecified atom stereocenters. The lowest BCUT2D eigenvalue weighted by atomic mass is 10.0. The smallest absolute Gasteiger partial charge is 0.397 e. The first-order valence-electron chi connectivity index (χ1n) is 7.94. The van der Waals surface area contributed by atoms with Crippen LogP contribution in [0, 0.1) is 6.92 Å². The highest BCUT2D eigenvalue weighted by Gasteiger charge is 2.34. The van der Waals surface area contributed by atoms with Gasteiger partial charge in [-0.2, -0.15) is 13.2 Å². The topological polar surface area (TPSA) is 65.1 Å². The van der Waals surface area contributed by atoms with Gasteiger partial charge in [0.05, 0.1) is 21.8 Å². The highest BCUT2D eigenvalue weighted by atomic mass is 32.2.